The van der Waals surface area contributed by atoms with Gasteiger partial charge in [-0.1, -0.05) is 12.1 Å². The molecule has 1 N–H and O–H groups in total. The van der Waals surface area contributed by atoms with Gasteiger partial charge in [-0.25, -0.2) is 0 Å². The first-order valence-electron chi connectivity index (χ1n) is 4.66. The first-order chi connectivity index (χ1) is 7.56. The average Bonchev–Trinajstić information content (AvgIpc) is 2.30. The Balaban J connectivity index is 2.52. The zero-order valence-corrected chi connectivity index (χ0v) is 8.20. The van der Waals surface area contributed by atoms with Gasteiger partial charge in [0.05, 0.1) is 5.69 Å². The lowest BCUT2D eigenvalue weighted by Gasteiger charge is -2.34. The molecular formula is C11H9F3N2. The summed E-state index contributed by atoms with van der Waals surface area (Å²) in [6.45, 7) is 0. The van der Waals surface area contributed by atoms with Crippen LogP contribution in [-0.2, 0) is 5.54 Å². The highest BCUT2D eigenvalue weighted by Crippen LogP contribution is 2.40. The summed E-state index contributed by atoms with van der Waals surface area (Å²) in [5.41, 5.74) is -2.29. The van der Waals surface area contributed by atoms with Gasteiger partial charge in [0, 0.05) is 6.20 Å². The van der Waals surface area contributed by atoms with Gasteiger partial charge in [-0.2, -0.15) is 13.2 Å². The third-order valence-corrected chi connectivity index (χ3v) is 2.38. The number of nitrogens with one attached hydrogen (secondary N) is 1. The van der Waals surface area contributed by atoms with E-state index < -0.39 is 11.7 Å². The fourth-order valence-corrected chi connectivity index (χ4v) is 1.56. The van der Waals surface area contributed by atoms with Gasteiger partial charge in [0.25, 0.3) is 0 Å². The minimum absolute atomic E-state index is 0.0666. The summed E-state index contributed by atoms with van der Waals surface area (Å²) >= 11 is 0. The molecule has 0 aliphatic carbocycles. The number of pyridine rings is 1. The lowest BCUT2D eigenvalue weighted by Crippen LogP contribution is -2.51. The highest BCUT2D eigenvalue weighted by atomic mass is 19.4. The molecule has 84 valence electrons. The number of dihydropyridines is 1. The van der Waals surface area contributed by atoms with Gasteiger partial charge in [-0.15, -0.1) is 0 Å². The Kier molecular flexibility index (Phi) is 2.46. The monoisotopic (exact) mass is 226 g/mol. The predicted molar refractivity (Wildman–Crippen MR) is 53.4 cm³/mol. The molecule has 0 saturated heterocycles. The second-order valence-electron chi connectivity index (χ2n) is 3.38. The topological polar surface area (TPSA) is 24.9 Å². The summed E-state index contributed by atoms with van der Waals surface area (Å²) < 4.78 is 39.3. The van der Waals surface area contributed by atoms with Crippen molar-refractivity contribution in [2.45, 2.75) is 11.7 Å². The van der Waals surface area contributed by atoms with Crippen LogP contribution >= 0.6 is 0 Å². The van der Waals surface area contributed by atoms with Crippen molar-refractivity contribution in [3.63, 3.8) is 0 Å². The molecule has 1 unspecified atom stereocenters. The molecule has 1 aromatic rings. The van der Waals surface area contributed by atoms with Crippen molar-refractivity contribution in [3.05, 3.63) is 54.5 Å². The Morgan fingerprint density at radius 1 is 1.19 bits per heavy atom. The van der Waals surface area contributed by atoms with Crippen molar-refractivity contribution < 1.29 is 13.2 Å². The van der Waals surface area contributed by atoms with Crippen LogP contribution in [0.15, 0.2) is 48.8 Å². The molecular weight excluding hydrogens is 217 g/mol. The maximum Gasteiger partial charge on any atom is 0.420 e. The average molecular weight is 226 g/mol. The number of halogens is 3. The smallest absolute Gasteiger partial charge is 0.369 e. The molecule has 1 aliphatic heterocycles. The summed E-state index contributed by atoms with van der Waals surface area (Å²) in [5.74, 6) is 0. The fourth-order valence-electron chi connectivity index (χ4n) is 1.56. The third kappa shape index (κ3) is 1.58. The quantitative estimate of drug-likeness (QED) is 0.795. The van der Waals surface area contributed by atoms with E-state index in [9.17, 15) is 13.2 Å². The SMILES string of the molecule is FC(F)(F)C1(c2ccccn2)C=CC=CN1. The molecule has 0 bridgehead atoms. The minimum atomic E-state index is -4.44. The Morgan fingerprint density at radius 2 is 2.00 bits per heavy atom. The highest BCUT2D eigenvalue weighted by molar-refractivity contribution is 5.31. The van der Waals surface area contributed by atoms with E-state index >= 15 is 0 Å². The van der Waals surface area contributed by atoms with Crippen LogP contribution < -0.4 is 5.32 Å². The third-order valence-electron chi connectivity index (χ3n) is 2.38. The lowest BCUT2D eigenvalue weighted by molar-refractivity contribution is -0.183. The largest absolute Gasteiger partial charge is 0.420 e. The van der Waals surface area contributed by atoms with Crippen molar-refractivity contribution in [3.8, 4) is 0 Å². The van der Waals surface area contributed by atoms with Gasteiger partial charge in [0.15, 0.2) is 5.54 Å². The molecule has 0 saturated carbocycles. The van der Waals surface area contributed by atoms with Gasteiger partial charge in [-0.05, 0) is 30.5 Å². The minimum Gasteiger partial charge on any atom is -0.369 e. The fraction of sp³-hybridized carbons (Fsp3) is 0.182. The van der Waals surface area contributed by atoms with Crippen LogP contribution in [0.2, 0.25) is 0 Å². The molecule has 0 aromatic carbocycles. The number of hydrogen-bond acceptors (Lipinski definition) is 2. The van der Waals surface area contributed by atoms with Crippen LogP contribution in [0.3, 0.4) is 0 Å². The summed E-state index contributed by atoms with van der Waals surface area (Å²) in [6.07, 6.45) is 2.10. The van der Waals surface area contributed by atoms with E-state index in [4.69, 9.17) is 0 Å². The second-order valence-corrected chi connectivity index (χ2v) is 3.38. The summed E-state index contributed by atoms with van der Waals surface area (Å²) in [6, 6.07) is 4.46. The molecule has 16 heavy (non-hydrogen) atoms. The van der Waals surface area contributed by atoms with Gasteiger partial charge < -0.3 is 5.32 Å². The van der Waals surface area contributed by atoms with E-state index in [0.29, 0.717) is 0 Å². The van der Waals surface area contributed by atoms with Crippen LogP contribution in [0.5, 0.6) is 0 Å². The second kappa shape index (κ2) is 3.66. The zero-order chi connectivity index (χ0) is 11.6. The van der Waals surface area contributed by atoms with Crippen molar-refractivity contribution in [1.29, 1.82) is 0 Å². The standard InChI is InChI=1S/C11H9F3N2/c12-11(13,14)10(6-2-4-8-16-10)9-5-1-3-7-15-9/h1-8,16H. The van der Waals surface area contributed by atoms with Crippen LogP contribution in [-0.4, -0.2) is 11.2 Å². The normalized spacial score (nSPS) is 24.2. The van der Waals surface area contributed by atoms with E-state index in [-0.39, 0.29) is 5.69 Å². The molecule has 0 spiro atoms. The number of hydrogen-bond donors (Lipinski definition) is 1. The predicted octanol–water partition coefficient (Wildman–Crippen LogP) is 2.51. The Morgan fingerprint density at radius 3 is 2.50 bits per heavy atom. The lowest BCUT2D eigenvalue weighted by atomic mass is 9.91. The van der Waals surface area contributed by atoms with E-state index in [0.717, 1.165) is 6.08 Å². The molecule has 5 heteroatoms. The highest BCUT2D eigenvalue weighted by Gasteiger charge is 2.55. The summed E-state index contributed by atoms with van der Waals surface area (Å²) in [4.78, 5) is 3.77. The molecule has 0 amide bonds. The van der Waals surface area contributed by atoms with E-state index in [1.54, 1.807) is 6.07 Å². The first kappa shape index (κ1) is 10.7. The van der Waals surface area contributed by atoms with Crippen molar-refractivity contribution in [2.24, 2.45) is 0 Å². The summed E-state index contributed by atoms with van der Waals surface area (Å²) in [5, 5.41) is 2.33. The molecule has 1 aromatic heterocycles. The molecule has 2 rings (SSSR count). The number of rotatable bonds is 1. The molecule has 1 aliphatic rings. The first-order valence-corrected chi connectivity index (χ1v) is 4.66. The van der Waals surface area contributed by atoms with E-state index in [1.165, 1.54) is 36.7 Å². The van der Waals surface area contributed by atoms with Crippen LogP contribution in [0, 0.1) is 0 Å². The van der Waals surface area contributed by atoms with E-state index in [2.05, 4.69) is 10.3 Å². The van der Waals surface area contributed by atoms with Crippen molar-refractivity contribution in [2.75, 3.05) is 0 Å². The number of nitrogens with zero attached hydrogens (tertiary/aromatic N) is 1. The van der Waals surface area contributed by atoms with Crippen LogP contribution in [0.4, 0.5) is 13.2 Å². The summed E-state index contributed by atoms with van der Waals surface area (Å²) in [7, 11) is 0. The number of alkyl halides is 3. The Labute approximate surface area is 90.5 Å². The van der Waals surface area contributed by atoms with E-state index in [1.807, 2.05) is 0 Å². The van der Waals surface area contributed by atoms with Crippen molar-refractivity contribution >= 4 is 0 Å². The molecule has 2 nitrogen and oxygen atoms in total. The number of aromatic nitrogens is 1. The Hall–Kier alpha value is -1.78. The molecule has 1 atom stereocenters. The van der Waals surface area contributed by atoms with Gasteiger partial charge in [0.2, 0.25) is 0 Å². The van der Waals surface area contributed by atoms with Gasteiger partial charge in [-0.3, -0.25) is 4.98 Å². The molecule has 0 fully saturated rings. The maximum absolute atomic E-state index is 13.1. The van der Waals surface area contributed by atoms with Gasteiger partial charge >= 0.3 is 6.18 Å². The van der Waals surface area contributed by atoms with Crippen LogP contribution in [0.1, 0.15) is 5.69 Å². The molecule has 0 radical (unpaired) electrons. The number of allylic oxidation sites excluding steroid dienone is 2. The molecule has 2 heterocycles. The Bertz CT molecular complexity index is 423. The maximum atomic E-state index is 13.1. The van der Waals surface area contributed by atoms with Crippen LogP contribution in [0.25, 0.3) is 0 Å². The van der Waals surface area contributed by atoms with Gasteiger partial charge in [0.1, 0.15) is 0 Å². The van der Waals surface area contributed by atoms with Crippen molar-refractivity contribution in [1.82, 2.24) is 10.3 Å². The zero-order valence-electron chi connectivity index (χ0n) is 8.20.